The maximum atomic E-state index is 4.36. The zero-order chi connectivity index (χ0) is 10.9. The van der Waals surface area contributed by atoms with Crippen molar-refractivity contribution in [2.24, 2.45) is 5.41 Å². The Morgan fingerprint density at radius 2 is 2.20 bits per heavy atom. The summed E-state index contributed by atoms with van der Waals surface area (Å²) in [7, 11) is 0. The average molecular weight is 204 g/mol. The molecule has 4 heteroatoms. The lowest BCUT2D eigenvalue weighted by molar-refractivity contribution is 0.442. The van der Waals surface area contributed by atoms with E-state index in [9.17, 15) is 0 Å². The van der Waals surface area contributed by atoms with Crippen molar-refractivity contribution >= 4 is 17.0 Å². The molecule has 0 spiro atoms. The summed E-state index contributed by atoms with van der Waals surface area (Å²) < 4.78 is 0. The van der Waals surface area contributed by atoms with E-state index in [-0.39, 0.29) is 5.41 Å². The predicted molar refractivity (Wildman–Crippen MR) is 61.8 cm³/mol. The van der Waals surface area contributed by atoms with Crippen LogP contribution < -0.4 is 5.32 Å². The normalized spacial score (nSPS) is 11.9. The second-order valence-corrected chi connectivity index (χ2v) is 4.89. The Labute approximate surface area is 89.1 Å². The molecule has 0 atom stereocenters. The van der Waals surface area contributed by atoms with E-state index in [0.29, 0.717) is 5.95 Å². The summed E-state index contributed by atoms with van der Waals surface area (Å²) in [4.78, 5) is 11.7. The SMILES string of the molecule is CC(C)(C)CNc1ncc2cc[nH]c2n1. The minimum Gasteiger partial charge on any atom is -0.354 e. The smallest absolute Gasteiger partial charge is 0.224 e. The number of anilines is 1. The molecule has 0 saturated heterocycles. The van der Waals surface area contributed by atoms with Gasteiger partial charge >= 0.3 is 0 Å². The molecule has 0 amide bonds. The Hall–Kier alpha value is -1.58. The first-order valence-electron chi connectivity index (χ1n) is 5.09. The van der Waals surface area contributed by atoms with Crippen LogP contribution in [0.15, 0.2) is 18.5 Å². The van der Waals surface area contributed by atoms with E-state index in [1.807, 2.05) is 18.5 Å². The number of aromatic amines is 1. The second-order valence-electron chi connectivity index (χ2n) is 4.89. The van der Waals surface area contributed by atoms with Gasteiger partial charge < -0.3 is 10.3 Å². The zero-order valence-electron chi connectivity index (χ0n) is 9.33. The van der Waals surface area contributed by atoms with Gasteiger partial charge in [-0.15, -0.1) is 0 Å². The third kappa shape index (κ3) is 2.46. The molecular formula is C11H16N4. The minimum atomic E-state index is 0.230. The fourth-order valence-corrected chi connectivity index (χ4v) is 1.27. The number of aromatic nitrogens is 3. The quantitative estimate of drug-likeness (QED) is 0.789. The van der Waals surface area contributed by atoms with Crippen LogP contribution in [0.3, 0.4) is 0 Å². The first kappa shape index (κ1) is 9.96. The summed E-state index contributed by atoms with van der Waals surface area (Å²) >= 11 is 0. The van der Waals surface area contributed by atoms with Crippen molar-refractivity contribution < 1.29 is 0 Å². The molecule has 4 nitrogen and oxygen atoms in total. The number of fused-ring (bicyclic) bond motifs is 1. The van der Waals surface area contributed by atoms with Gasteiger partial charge in [0.25, 0.3) is 0 Å². The Morgan fingerprint density at radius 3 is 2.93 bits per heavy atom. The predicted octanol–water partition coefficient (Wildman–Crippen LogP) is 2.42. The summed E-state index contributed by atoms with van der Waals surface area (Å²) in [5.74, 6) is 0.680. The molecule has 0 radical (unpaired) electrons. The molecule has 2 aromatic rings. The number of nitrogens with zero attached hydrogens (tertiary/aromatic N) is 2. The maximum absolute atomic E-state index is 4.36. The van der Waals surface area contributed by atoms with Crippen LogP contribution in [-0.4, -0.2) is 21.5 Å². The van der Waals surface area contributed by atoms with E-state index in [1.165, 1.54) is 0 Å². The lowest BCUT2D eigenvalue weighted by Gasteiger charge is -2.18. The summed E-state index contributed by atoms with van der Waals surface area (Å²) in [6.07, 6.45) is 3.69. The Balaban J connectivity index is 2.15. The second kappa shape index (κ2) is 3.53. The molecular weight excluding hydrogens is 188 g/mol. The zero-order valence-corrected chi connectivity index (χ0v) is 9.33. The molecule has 80 valence electrons. The number of hydrogen-bond donors (Lipinski definition) is 2. The largest absolute Gasteiger partial charge is 0.354 e. The Kier molecular flexibility index (Phi) is 2.34. The monoisotopic (exact) mass is 204 g/mol. The molecule has 0 bridgehead atoms. The summed E-state index contributed by atoms with van der Waals surface area (Å²) in [6.45, 7) is 7.38. The number of hydrogen-bond acceptors (Lipinski definition) is 3. The minimum absolute atomic E-state index is 0.230. The highest BCUT2D eigenvalue weighted by molar-refractivity contribution is 5.75. The Bertz CT molecular complexity index is 453. The van der Waals surface area contributed by atoms with Gasteiger partial charge in [-0.2, -0.15) is 4.98 Å². The van der Waals surface area contributed by atoms with Crippen LogP contribution in [0.25, 0.3) is 11.0 Å². The topological polar surface area (TPSA) is 53.6 Å². The van der Waals surface area contributed by atoms with Crippen LogP contribution in [0.1, 0.15) is 20.8 Å². The molecule has 0 aliphatic rings. The first-order valence-corrected chi connectivity index (χ1v) is 5.09. The van der Waals surface area contributed by atoms with Gasteiger partial charge in [-0.05, 0) is 11.5 Å². The van der Waals surface area contributed by atoms with E-state index in [0.717, 1.165) is 17.6 Å². The molecule has 0 unspecified atom stereocenters. The molecule has 2 heterocycles. The summed E-state index contributed by atoms with van der Waals surface area (Å²) in [6, 6.07) is 1.96. The van der Waals surface area contributed by atoms with E-state index < -0.39 is 0 Å². The van der Waals surface area contributed by atoms with Crippen LogP contribution in [0.4, 0.5) is 5.95 Å². The molecule has 15 heavy (non-hydrogen) atoms. The summed E-state index contributed by atoms with van der Waals surface area (Å²) in [5, 5.41) is 4.26. The van der Waals surface area contributed by atoms with Crippen molar-refractivity contribution in [1.29, 1.82) is 0 Å². The van der Waals surface area contributed by atoms with Crippen LogP contribution in [0.2, 0.25) is 0 Å². The highest BCUT2D eigenvalue weighted by Gasteiger charge is 2.10. The average Bonchev–Trinajstić information content (AvgIpc) is 2.60. The van der Waals surface area contributed by atoms with E-state index in [4.69, 9.17) is 0 Å². The highest BCUT2D eigenvalue weighted by atomic mass is 15.1. The van der Waals surface area contributed by atoms with Crippen molar-refractivity contribution in [2.75, 3.05) is 11.9 Å². The standard InChI is InChI=1S/C11H16N4/c1-11(2,3)7-14-10-13-6-8-4-5-12-9(8)15-10/h4-6H,7H2,1-3H3,(H2,12,13,14,15). The van der Waals surface area contributed by atoms with Gasteiger partial charge in [-0.1, -0.05) is 20.8 Å². The third-order valence-corrected chi connectivity index (χ3v) is 2.08. The van der Waals surface area contributed by atoms with Gasteiger partial charge in [-0.25, -0.2) is 4.98 Å². The fourth-order valence-electron chi connectivity index (χ4n) is 1.27. The molecule has 0 fully saturated rings. The van der Waals surface area contributed by atoms with Crippen molar-refractivity contribution in [2.45, 2.75) is 20.8 Å². The van der Waals surface area contributed by atoms with Gasteiger partial charge in [0.05, 0.1) is 0 Å². The lowest BCUT2D eigenvalue weighted by atomic mass is 9.97. The van der Waals surface area contributed by atoms with E-state index >= 15 is 0 Å². The van der Waals surface area contributed by atoms with Crippen molar-refractivity contribution in [3.8, 4) is 0 Å². The van der Waals surface area contributed by atoms with E-state index in [2.05, 4.69) is 41.0 Å². The van der Waals surface area contributed by atoms with Gasteiger partial charge in [0, 0.05) is 24.3 Å². The fraction of sp³-hybridized carbons (Fsp3) is 0.455. The molecule has 2 aromatic heterocycles. The molecule has 0 aromatic carbocycles. The Morgan fingerprint density at radius 1 is 1.40 bits per heavy atom. The van der Waals surface area contributed by atoms with Crippen LogP contribution in [0.5, 0.6) is 0 Å². The van der Waals surface area contributed by atoms with Crippen LogP contribution in [-0.2, 0) is 0 Å². The van der Waals surface area contributed by atoms with E-state index in [1.54, 1.807) is 0 Å². The van der Waals surface area contributed by atoms with Crippen molar-refractivity contribution in [3.63, 3.8) is 0 Å². The lowest BCUT2D eigenvalue weighted by Crippen LogP contribution is -2.20. The first-order chi connectivity index (χ1) is 7.04. The summed E-state index contributed by atoms with van der Waals surface area (Å²) in [5.41, 5.74) is 1.11. The molecule has 0 aliphatic heterocycles. The molecule has 0 aliphatic carbocycles. The molecule has 2 N–H and O–H groups in total. The van der Waals surface area contributed by atoms with Crippen LogP contribution >= 0.6 is 0 Å². The van der Waals surface area contributed by atoms with Crippen molar-refractivity contribution in [1.82, 2.24) is 15.0 Å². The molecule has 0 saturated carbocycles. The van der Waals surface area contributed by atoms with Gasteiger partial charge in [-0.3, -0.25) is 0 Å². The third-order valence-electron chi connectivity index (χ3n) is 2.08. The number of nitrogens with one attached hydrogen (secondary N) is 2. The highest BCUT2D eigenvalue weighted by Crippen LogP contribution is 2.14. The van der Waals surface area contributed by atoms with Gasteiger partial charge in [0.2, 0.25) is 5.95 Å². The van der Waals surface area contributed by atoms with Crippen LogP contribution in [0, 0.1) is 5.41 Å². The maximum Gasteiger partial charge on any atom is 0.224 e. The van der Waals surface area contributed by atoms with Crippen molar-refractivity contribution in [3.05, 3.63) is 18.5 Å². The van der Waals surface area contributed by atoms with Gasteiger partial charge in [0.15, 0.2) is 0 Å². The molecule has 2 rings (SSSR count). The number of rotatable bonds is 2. The number of H-pyrrole nitrogens is 1. The van der Waals surface area contributed by atoms with Gasteiger partial charge in [0.1, 0.15) is 5.65 Å².